The highest BCUT2D eigenvalue weighted by Crippen LogP contribution is 2.21. The summed E-state index contributed by atoms with van der Waals surface area (Å²) in [5.41, 5.74) is 2.57. The molecule has 3 aromatic rings. The third-order valence-corrected chi connectivity index (χ3v) is 3.30. The summed E-state index contributed by atoms with van der Waals surface area (Å²) in [6.07, 6.45) is 1.36. The molecule has 2 N–H and O–H groups in total. The Morgan fingerprint density at radius 2 is 1.67 bits per heavy atom. The van der Waals surface area contributed by atoms with Gasteiger partial charge in [-0.1, -0.05) is 48.2 Å². The van der Waals surface area contributed by atoms with Gasteiger partial charge in [-0.25, -0.2) is 0 Å². The Kier molecular flexibility index (Phi) is 3.41. The van der Waals surface area contributed by atoms with Crippen LogP contribution in [0.1, 0.15) is 16.7 Å². The fourth-order valence-corrected chi connectivity index (χ4v) is 2.28. The third kappa shape index (κ3) is 2.63. The predicted octanol–water partition coefficient (Wildman–Crippen LogP) is 3.94. The standard InChI is InChI=1S/C19H13NO/c20-13-16-11-10-15(18-6-1-2-7-19(16)18)9-8-14-4-3-5-17(21)12-14/h1-7,10-13,20-21H. The second kappa shape index (κ2) is 5.52. The van der Waals surface area contributed by atoms with E-state index in [2.05, 4.69) is 11.8 Å². The molecule has 3 aromatic carbocycles. The van der Waals surface area contributed by atoms with E-state index in [-0.39, 0.29) is 5.75 Å². The van der Waals surface area contributed by atoms with Crippen molar-refractivity contribution in [2.24, 2.45) is 0 Å². The monoisotopic (exact) mass is 271 g/mol. The highest BCUT2D eigenvalue weighted by atomic mass is 16.3. The first-order valence-corrected chi connectivity index (χ1v) is 6.61. The predicted molar refractivity (Wildman–Crippen MR) is 85.9 cm³/mol. The summed E-state index contributed by atoms with van der Waals surface area (Å²) in [7, 11) is 0. The maximum absolute atomic E-state index is 9.46. The molecule has 0 bridgehead atoms. The maximum atomic E-state index is 9.46. The van der Waals surface area contributed by atoms with Gasteiger partial charge in [0.05, 0.1) is 0 Å². The minimum Gasteiger partial charge on any atom is -0.508 e. The van der Waals surface area contributed by atoms with Crippen molar-refractivity contribution in [1.29, 1.82) is 5.41 Å². The first kappa shape index (κ1) is 13.0. The van der Waals surface area contributed by atoms with Crippen LogP contribution in [-0.4, -0.2) is 11.3 Å². The molecular formula is C19H13NO. The van der Waals surface area contributed by atoms with Crippen molar-refractivity contribution >= 4 is 17.0 Å². The zero-order valence-electron chi connectivity index (χ0n) is 11.3. The van der Waals surface area contributed by atoms with E-state index in [0.717, 1.165) is 27.5 Å². The molecule has 0 fully saturated rings. The van der Waals surface area contributed by atoms with Crippen LogP contribution >= 0.6 is 0 Å². The summed E-state index contributed by atoms with van der Waals surface area (Å²) in [5.74, 6) is 6.42. The molecule has 0 radical (unpaired) electrons. The third-order valence-electron chi connectivity index (χ3n) is 3.30. The molecule has 2 heteroatoms. The van der Waals surface area contributed by atoms with Crippen LogP contribution < -0.4 is 0 Å². The van der Waals surface area contributed by atoms with Crippen molar-refractivity contribution in [2.75, 3.05) is 0 Å². The van der Waals surface area contributed by atoms with Crippen LogP contribution in [0.3, 0.4) is 0 Å². The molecule has 0 unspecified atom stereocenters. The van der Waals surface area contributed by atoms with Gasteiger partial charge in [0.25, 0.3) is 0 Å². The number of phenolic OH excluding ortho intramolecular Hbond substituents is 1. The lowest BCUT2D eigenvalue weighted by Crippen LogP contribution is -1.87. The largest absolute Gasteiger partial charge is 0.508 e. The van der Waals surface area contributed by atoms with Crippen LogP contribution in [0, 0.1) is 17.3 Å². The molecule has 0 atom stereocenters. The number of aromatic hydroxyl groups is 1. The van der Waals surface area contributed by atoms with Crippen LogP contribution in [-0.2, 0) is 0 Å². The summed E-state index contributed by atoms with van der Waals surface area (Å²) in [4.78, 5) is 0. The SMILES string of the molecule is N=Cc1ccc(C#Cc2cccc(O)c2)c2ccccc12. The number of rotatable bonds is 1. The van der Waals surface area contributed by atoms with Gasteiger partial charge in [0.2, 0.25) is 0 Å². The lowest BCUT2D eigenvalue weighted by molar-refractivity contribution is 0.475. The average Bonchev–Trinajstić information content (AvgIpc) is 2.52. The molecule has 21 heavy (non-hydrogen) atoms. The van der Waals surface area contributed by atoms with Gasteiger partial charge >= 0.3 is 0 Å². The van der Waals surface area contributed by atoms with Crippen molar-refractivity contribution in [3.8, 4) is 17.6 Å². The van der Waals surface area contributed by atoms with Crippen LogP contribution in [0.25, 0.3) is 10.8 Å². The van der Waals surface area contributed by atoms with E-state index in [0.29, 0.717) is 0 Å². The second-order valence-corrected chi connectivity index (χ2v) is 4.69. The first-order chi connectivity index (χ1) is 10.3. The molecule has 2 nitrogen and oxygen atoms in total. The summed E-state index contributed by atoms with van der Waals surface area (Å²) in [6.45, 7) is 0. The van der Waals surface area contributed by atoms with Crippen LogP contribution in [0.5, 0.6) is 5.75 Å². The van der Waals surface area contributed by atoms with Gasteiger partial charge in [-0.15, -0.1) is 0 Å². The lowest BCUT2D eigenvalue weighted by Gasteiger charge is -2.03. The normalized spacial score (nSPS) is 9.90. The Bertz CT molecular complexity index is 885. The number of phenols is 1. The van der Waals surface area contributed by atoms with Gasteiger partial charge in [0.15, 0.2) is 0 Å². The van der Waals surface area contributed by atoms with E-state index in [1.807, 2.05) is 42.5 Å². The van der Waals surface area contributed by atoms with E-state index >= 15 is 0 Å². The van der Waals surface area contributed by atoms with Gasteiger partial charge in [-0.3, -0.25) is 0 Å². The van der Waals surface area contributed by atoms with Crippen LogP contribution in [0.4, 0.5) is 0 Å². The maximum Gasteiger partial charge on any atom is 0.116 e. The minimum atomic E-state index is 0.214. The van der Waals surface area contributed by atoms with Crippen molar-refractivity contribution in [3.63, 3.8) is 0 Å². The quantitative estimate of drug-likeness (QED) is 0.511. The minimum absolute atomic E-state index is 0.214. The summed E-state index contributed by atoms with van der Waals surface area (Å²) < 4.78 is 0. The van der Waals surface area contributed by atoms with E-state index in [1.54, 1.807) is 18.2 Å². The molecule has 0 amide bonds. The smallest absolute Gasteiger partial charge is 0.116 e. The van der Waals surface area contributed by atoms with E-state index in [1.165, 1.54) is 6.21 Å². The molecule has 0 aliphatic heterocycles. The molecule has 3 rings (SSSR count). The Hall–Kier alpha value is -3.05. The zero-order chi connectivity index (χ0) is 14.7. The van der Waals surface area contributed by atoms with Crippen LogP contribution in [0.2, 0.25) is 0 Å². The second-order valence-electron chi connectivity index (χ2n) is 4.69. The molecule has 0 spiro atoms. The molecule has 0 heterocycles. The van der Waals surface area contributed by atoms with Crippen molar-refractivity contribution in [1.82, 2.24) is 0 Å². The number of hydrogen-bond acceptors (Lipinski definition) is 2. The summed E-state index contributed by atoms with van der Waals surface area (Å²) in [5, 5.41) is 19.0. The Labute approximate surface area is 123 Å². The van der Waals surface area contributed by atoms with Crippen molar-refractivity contribution in [3.05, 3.63) is 77.4 Å². The molecule has 0 aromatic heterocycles. The first-order valence-electron chi connectivity index (χ1n) is 6.61. The van der Waals surface area contributed by atoms with Crippen molar-refractivity contribution < 1.29 is 5.11 Å². The van der Waals surface area contributed by atoms with Gasteiger partial charge in [0.1, 0.15) is 5.75 Å². The van der Waals surface area contributed by atoms with Crippen molar-refractivity contribution in [2.45, 2.75) is 0 Å². The van der Waals surface area contributed by atoms with E-state index in [4.69, 9.17) is 5.41 Å². The van der Waals surface area contributed by atoms with Gasteiger partial charge in [0, 0.05) is 17.3 Å². The fourth-order valence-electron chi connectivity index (χ4n) is 2.28. The summed E-state index contributed by atoms with van der Waals surface area (Å²) >= 11 is 0. The fraction of sp³-hybridized carbons (Fsp3) is 0. The highest BCUT2D eigenvalue weighted by Gasteiger charge is 2.02. The molecule has 0 aliphatic carbocycles. The molecule has 0 saturated carbocycles. The molecule has 0 aliphatic rings. The number of nitrogens with one attached hydrogen (secondary N) is 1. The average molecular weight is 271 g/mol. The topological polar surface area (TPSA) is 44.1 Å². The van der Waals surface area contributed by atoms with E-state index < -0.39 is 0 Å². The lowest BCUT2D eigenvalue weighted by atomic mass is 10.00. The van der Waals surface area contributed by atoms with Gasteiger partial charge in [-0.2, -0.15) is 0 Å². The number of hydrogen-bond donors (Lipinski definition) is 2. The molecular weight excluding hydrogens is 258 g/mol. The highest BCUT2D eigenvalue weighted by molar-refractivity contribution is 6.01. The van der Waals surface area contributed by atoms with E-state index in [9.17, 15) is 5.11 Å². The number of benzene rings is 3. The molecule has 0 saturated heterocycles. The summed E-state index contributed by atoms with van der Waals surface area (Å²) in [6, 6.07) is 18.7. The molecule has 100 valence electrons. The van der Waals surface area contributed by atoms with Gasteiger partial charge in [-0.05, 0) is 40.6 Å². The number of fused-ring (bicyclic) bond motifs is 1. The van der Waals surface area contributed by atoms with Crippen LogP contribution in [0.15, 0.2) is 60.7 Å². The Balaban J connectivity index is 2.13. The Morgan fingerprint density at radius 3 is 2.43 bits per heavy atom. The zero-order valence-corrected chi connectivity index (χ0v) is 11.3. The Morgan fingerprint density at radius 1 is 0.857 bits per heavy atom. The van der Waals surface area contributed by atoms with Gasteiger partial charge < -0.3 is 10.5 Å².